The smallest absolute Gasteiger partial charge is 0.224 e. The maximum Gasteiger partial charge on any atom is 0.224 e. The van der Waals surface area contributed by atoms with Crippen molar-refractivity contribution in [3.63, 3.8) is 0 Å². The van der Waals surface area contributed by atoms with Crippen LogP contribution in [-0.4, -0.2) is 75.1 Å². The fraction of sp³-hybridized carbons (Fsp3) is 0.929. The van der Waals surface area contributed by atoms with Gasteiger partial charge in [-0.2, -0.15) is 0 Å². The summed E-state index contributed by atoms with van der Waals surface area (Å²) >= 11 is 0. The lowest BCUT2D eigenvalue weighted by atomic mass is 9.99. The van der Waals surface area contributed by atoms with E-state index in [0.717, 1.165) is 58.5 Å². The maximum atomic E-state index is 11.9. The van der Waals surface area contributed by atoms with Gasteiger partial charge in [-0.25, -0.2) is 0 Å². The van der Waals surface area contributed by atoms with E-state index < -0.39 is 0 Å². The summed E-state index contributed by atoms with van der Waals surface area (Å²) < 4.78 is 0. The molecule has 0 aromatic rings. The zero-order valence-corrected chi connectivity index (χ0v) is 12.2. The SMILES string of the molecule is CN1CCN(CCCNC(=O)[C@@H]2CCCNC2)CC1. The Morgan fingerprint density at radius 1 is 1.32 bits per heavy atom. The van der Waals surface area contributed by atoms with Gasteiger partial charge in [0.05, 0.1) is 5.92 Å². The van der Waals surface area contributed by atoms with Crippen molar-refractivity contribution in [1.82, 2.24) is 20.4 Å². The van der Waals surface area contributed by atoms with Crippen LogP contribution in [-0.2, 0) is 4.79 Å². The minimum Gasteiger partial charge on any atom is -0.356 e. The summed E-state index contributed by atoms with van der Waals surface area (Å²) in [5.41, 5.74) is 0. The molecule has 5 nitrogen and oxygen atoms in total. The second-order valence-electron chi connectivity index (χ2n) is 5.83. The molecule has 0 bridgehead atoms. The van der Waals surface area contributed by atoms with Crippen molar-refractivity contribution in [1.29, 1.82) is 0 Å². The molecular formula is C14H28N4O. The van der Waals surface area contributed by atoms with Gasteiger partial charge in [0, 0.05) is 39.3 Å². The lowest BCUT2D eigenvalue weighted by Gasteiger charge is -2.32. The first kappa shape index (κ1) is 14.8. The third-order valence-corrected chi connectivity index (χ3v) is 4.21. The number of hydrogen-bond donors (Lipinski definition) is 2. The Bertz CT molecular complexity index is 271. The Hall–Kier alpha value is -0.650. The summed E-state index contributed by atoms with van der Waals surface area (Å²) in [5.74, 6) is 0.433. The second kappa shape index (κ2) is 7.82. The van der Waals surface area contributed by atoms with Crippen molar-refractivity contribution in [3.8, 4) is 0 Å². The van der Waals surface area contributed by atoms with Gasteiger partial charge in [0.15, 0.2) is 0 Å². The average Bonchev–Trinajstić information content (AvgIpc) is 2.46. The third-order valence-electron chi connectivity index (χ3n) is 4.21. The van der Waals surface area contributed by atoms with Gasteiger partial charge in [-0.3, -0.25) is 4.79 Å². The molecular weight excluding hydrogens is 240 g/mol. The molecule has 0 aromatic heterocycles. The lowest BCUT2D eigenvalue weighted by Crippen LogP contribution is -2.45. The quantitative estimate of drug-likeness (QED) is 0.675. The molecule has 0 unspecified atom stereocenters. The summed E-state index contributed by atoms with van der Waals surface area (Å²) in [7, 11) is 2.18. The molecule has 0 spiro atoms. The number of piperidine rings is 1. The highest BCUT2D eigenvalue weighted by molar-refractivity contribution is 5.78. The number of rotatable bonds is 5. The van der Waals surface area contributed by atoms with Crippen molar-refractivity contribution in [2.45, 2.75) is 19.3 Å². The van der Waals surface area contributed by atoms with E-state index in [2.05, 4.69) is 27.5 Å². The molecule has 0 radical (unpaired) electrons. The average molecular weight is 268 g/mol. The number of carbonyl (C=O) groups is 1. The van der Waals surface area contributed by atoms with E-state index in [9.17, 15) is 4.79 Å². The summed E-state index contributed by atoms with van der Waals surface area (Å²) in [5, 5.41) is 6.37. The van der Waals surface area contributed by atoms with Gasteiger partial charge in [0.2, 0.25) is 5.91 Å². The molecule has 2 rings (SSSR count). The number of nitrogens with one attached hydrogen (secondary N) is 2. The molecule has 1 amide bonds. The van der Waals surface area contributed by atoms with Crippen molar-refractivity contribution in [2.24, 2.45) is 5.92 Å². The van der Waals surface area contributed by atoms with E-state index >= 15 is 0 Å². The van der Waals surface area contributed by atoms with E-state index in [0.29, 0.717) is 0 Å². The number of piperazine rings is 1. The van der Waals surface area contributed by atoms with Crippen molar-refractivity contribution >= 4 is 5.91 Å². The predicted molar refractivity (Wildman–Crippen MR) is 77.2 cm³/mol. The Morgan fingerprint density at radius 3 is 2.79 bits per heavy atom. The molecule has 2 fully saturated rings. The zero-order chi connectivity index (χ0) is 13.5. The fourth-order valence-corrected chi connectivity index (χ4v) is 2.81. The topological polar surface area (TPSA) is 47.6 Å². The second-order valence-corrected chi connectivity index (χ2v) is 5.83. The Balaban J connectivity index is 1.52. The van der Waals surface area contributed by atoms with E-state index in [-0.39, 0.29) is 11.8 Å². The first-order valence-corrected chi connectivity index (χ1v) is 7.65. The normalized spacial score (nSPS) is 26.3. The minimum atomic E-state index is 0.192. The molecule has 19 heavy (non-hydrogen) atoms. The Labute approximate surface area is 116 Å². The van der Waals surface area contributed by atoms with Crippen LogP contribution >= 0.6 is 0 Å². The van der Waals surface area contributed by atoms with E-state index in [1.165, 1.54) is 13.1 Å². The number of likely N-dealkylation sites (N-methyl/N-ethyl adjacent to an activating group) is 1. The Morgan fingerprint density at radius 2 is 2.11 bits per heavy atom. The fourth-order valence-electron chi connectivity index (χ4n) is 2.81. The first-order valence-electron chi connectivity index (χ1n) is 7.65. The summed E-state index contributed by atoms with van der Waals surface area (Å²) in [6, 6.07) is 0. The molecule has 0 aliphatic carbocycles. The molecule has 0 saturated carbocycles. The van der Waals surface area contributed by atoms with Crippen LogP contribution in [0.1, 0.15) is 19.3 Å². The first-order chi connectivity index (χ1) is 9.25. The highest BCUT2D eigenvalue weighted by atomic mass is 16.1. The largest absolute Gasteiger partial charge is 0.356 e. The molecule has 2 aliphatic rings. The highest BCUT2D eigenvalue weighted by Gasteiger charge is 2.20. The van der Waals surface area contributed by atoms with Gasteiger partial charge in [-0.05, 0) is 39.4 Å². The summed E-state index contributed by atoms with van der Waals surface area (Å²) in [6.07, 6.45) is 3.23. The van der Waals surface area contributed by atoms with Crippen LogP contribution in [0.4, 0.5) is 0 Å². The zero-order valence-electron chi connectivity index (χ0n) is 12.2. The number of nitrogens with zero attached hydrogens (tertiary/aromatic N) is 2. The van der Waals surface area contributed by atoms with Gasteiger partial charge in [0.25, 0.3) is 0 Å². The van der Waals surface area contributed by atoms with Crippen LogP contribution < -0.4 is 10.6 Å². The van der Waals surface area contributed by atoms with Gasteiger partial charge in [-0.1, -0.05) is 0 Å². The molecule has 2 N–H and O–H groups in total. The molecule has 1 atom stereocenters. The van der Waals surface area contributed by atoms with E-state index in [1.807, 2.05) is 0 Å². The monoisotopic (exact) mass is 268 g/mol. The Kier molecular flexibility index (Phi) is 6.07. The molecule has 2 saturated heterocycles. The van der Waals surface area contributed by atoms with Gasteiger partial charge < -0.3 is 20.4 Å². The van der Waals surface area contributed by atoms with Crippen molar-refractivity contribution < 1.29 is 4.79 Å². The summed E-state index contributed by atoms with van der Waals surface area (Å²) in [4.78, 5) is 16.8. The molecule has 5 heteroatoms. The maximum absolute atomic E-state index is 11.9. The lowest BCUT2D eigenvalue weighted by molar-refractivity contribution is -0.125. The van der Waals surface area contributed by atoms with Crippen LogP contribution in [0.15, 0.2) is 0 Å². The standard InChI is InChI=1S/C14H28N4O/c1-17-8-10-18(11-9-17)7-3-6-16-14(19)13-4-2-5-15-12-13/h13,15H,2-12H2,1H3,(H,16,19)/t13-/m1/s1. The highest BCUT2D eigenvalue weighted by Crippen LogP contribution is 2.09. The van der Waals surface area contributed by atoms with Crippen LogP contribution in [0, 0.1) is 5.92 Å². The van der Waals surface area contributed by atoms with Crippen molar-refractivity contribution in [2.75, 3.05) is 59.4 Å². The van der Waals surface area contributed by atoms with Gasteiger partial charge >= 0.3 is 0 Å². The summed E-state index contributed by atoms with van der Waals surface area (Å²) in [6.45, 7) is 8.50. The minimum absolute atomic E-state index is 0.192. The van der Waals surface area contributed by atoms with Crippen LogP contribution in [0.2, 0.25) is 0 Å². The third kappa shape index (κ3) is 5.09. The van der Waals surface area contributed by atoms with Gasteiger partial charge in [-0.15, -0.1) is 0 Å². The van der Waals surface area contributed by atoms with Crippen LogP contribution in [0.5, 0.6) is 0 Å². The molecule has 2 heterocycles. The van der Waals surface area contributed by atoms with E-state index in [1.54, 1.807) is 0 Å². The number of hydrogen-bond acceptors (Lipinski definition) is 4. The molecule has 110 valence electrons. The predicted octanol–water partition coefficient (Wildman–Crippen LogP) is -0.260. The van der Waals surface area contributed by atoms with E-state index in [4.69, 9.17) is 0 Å². The number of amides is 1. The van der Waals surface area contributed by atoms with Crippen LogP contribution in [0.3, 0.4) is 0 Å². The van der Waals surface area contributed by atoms with Crippen LogP contribution in [0.25, 0.3) is 0 Å². The number of carbonyl (C=O) groups excluding carboxylic acids is 1. The molecule has 2 aliphatic heterocycles. The van der Waals surface area contributed by atoms with Crippen molar-refractivity contribution in [3.05, 3.63) is 0 Å². The molecule has 0 aromatic carbocycles. The van der Waals surface area contributed by atoms with Gasteiger partial charge in [0.1, 0.15) is 0 Å².